The molecule has 0 unspecified atom stereocenters. The molecule has 0 heterocycles. The first-order chi connectivity index (χ1) is 9.92. The Labute approximate surface area is 124 Å². The maximum Gasteiger partial charge on any atom is 0.335 e. The molecular formula is C14H20N2O4S. The summed E-state index contributed by atoms with van der Waals surface area (Å²) in [5.41, 5.74) is 0.319. The Morgan fingerprint density at radius 3 is 2.71 bits per heavy atom. The fraction of sp³-hybridized carbons (Fsp3) is 0.357. The molecule has 116 valence electrons. The minimum absolute atomic E-state index is 0.0691. The van der Waals surface area contributed by atoms with Crippen molar-refractivity contribution in [3.8, 4) is 0 Å². The number of carboxylic acids is 1. The van der Waals surface area contributed by atoms with Gasteiger partial charge in [0.1, 0.15) is 4.90 Å². The van der Waals surface area contributed by atoms with Crippen LogP contribution in [0.4, 0.5) is 5.69 Å². The summed E-state index contributed by atoms with van der Waals surface area (Å²) >= 11 is 0. The molecule has 0 fully saturated rings. The van der Waals surface area contributed by atoms with E-state index in [9.17, 15) is 13.2 Å². The smallest absolute Gasteiger partial charge is 0.335 e. The standard InChI is InChI=1S/C14H20N2O4S/c1-3-5-9-15-12-7-6-11(14(17)18)10-13(12)21(19,20)16-8-4-2/h4,6-7,10,15-16H,2-3,5,8-9H2,1H3,(H,17,18). The van der Waals surface area contributed by atoms with Gasteiger partial charge >= 0.3 is 5.97 Å². The van der Waals surface area contributed by atoms with Gasteiger partial charge in [0, 0.05) is 13.1 Å². The second kappa shape index (κ2) is 7.80. The predicted octanol–water partition coefficient (Wildman–Crippen LogP) is 2.06. The van der Waals surface area contributed by atoms with Crippen molar-refractivity contribution in [2.24, 2.45) is 0 Å². The van der Waals surface area contributed by atoms with E-state index in [1.165, 1.54) is 18.2 Å². The number of carbonyl (C=O) groups is 1. The van der Waals surface area contributed by atoms with E-state index < -0.39 is 16.0 Å². The van der Waals surface area contributed by atoms with Crippen LogP contribution in [0, 0.1) is 0 Å². The first-order valence-corrected chi connectivity index (χ1v) is 8.12. The Morgan fingerprint density at radius 1 is 1.43 bits per heavy atom. The van der Waals surface area contributed by atoms with Crippen LogP contribution < -0.4 is 10.0 Å². The van der Waals surface area contributed by atoms with Crippen LogP contribution in [0.3, 0.4) is 0 Å². The van der Waals surface area contributed by atoms with E-state index in [0.717, 1.165) is 18.9 Å². The Bertz CT molecular complexity index is 611. The molecule has 0 amide bonds. The summed E-state index contributed by atoms with van der Waals surface area (Å²) in [6.45, 7) is 6.17. The summed E-state index contributed by atoms with van der Waals surface area (Å²) in [7, 11) is -3.79. The number of sulfonamides is 1. The van der Waals surface area contributed by atoms with Gasteiger partial charge in [-0.05, 0) is 24.6 Å². The average molecular weight is 312 g/mol. The lowest BCUT2D eigenvalue weighted by Gasteiger charge is -2.13. The van der Waals surface area contributed by atoms with E-state index in [-0.39, 0.29) is 17.0 Å². The molecular weight excluding hydrogens is 292 g/mol. The second-order valence-electron chi connectivity index (χ2n) is 4.44. The molecule has 1 aromatic carbocycles. The third-order valence-corrected chi connectivity index (χ3v) is 4.25. The maximum atomic E-state index is 12.2. The highest BCUT2D eigenvalue weighted by molar-refractivity contribution is 7.89. The highest BCUT2D eigenvalue weighted by Crippen LogP contribution is 2.23. The normalized spacial score (nSPS) is 11.1. The van der Waals surface area contributed by atoms with Crippen molar-refractivity contribution >= 4 is 21.7 Å². The molecule has 1 aromatic rings. The topological polar surface area (TPSA) is 95.5 Å². The van der Waals surface area contributed by atoms with Crippen LogP contribution in [0.2, 0.25) is 0 Å². The Kier molecular flexibility index (Phi) is 6.39. The lowest BCUT2D eigenvalue weighted by atomic mass is 10.2. The lowest BCUT2D eigenvalue weighted by Crippen LogP contribution is -2.25. The highest BCUT2D eigenvalue weighted by Gasteiger charge is 2.20. The molecule has 3 N–H and O–H groups in total. The van der Waals surface area contributed by atoms with E-state index in [1.54, 1.807) is 0 Å². The number of hydrogen-bond donors (Lipinski definition) is 3. The van der Waals surface area contributed by atoms with Crippen molar-refractivity contribution in [1.29, 1.82) is 0 Å². The number of anilines is 1. The van der Waals surface area contributed by atoms with Crippen LogP contribution in [-0.2, 0) is 10.0 Å². The van der Waals surface area contributed by atoms with Crippen molar-refractivity contribution in [3.05, 3.63) is 36.4 Å². The molecule has 0 radical (unpaired) electrons. The zero-order valence-corrected chi connectivity index (χ0v) is 12.7. The molecule has 0 aliphatic carbocycles. The van der Waals surface area contributed by atoms with E-state index in [0.29, 0.717) is 12.2 Å². The largest absolute Gasteiger partial charge is 0.478 e. The summed E-state index contributed by atoms with van der Waals surface area (Å²) in [6, 6.07) is 4.01. The van der Waals surface area contributed by atoms with E-state index in [4.69, 9.17) is 5.11 Å². The molecule has 0 atom stereocenters. The minimum atomic E-state index is -3.79. The molecule has 0 saturated carbocycles. The average Bonchev–Trinajstić information content (AvgIpc) is 2.45. The monoisotopic (exact) mass is 312 g/mol. The van der Waals surface area contributed by atoms with E-state index >= 15 is 0 Å². The summed E-state index contributed by atoms with van der Waals surface area (Å²) in [5, 5.41) is 12.0. The molecule has 0 spiro atoms. The van der Waals surface area contributed by atoms with Crippen LogP contribution in [0.1, 0.15) is 30.1 Å². The molecule has 7 heteroatoms. The third kappa shape index (κ3) is 4.87. The third-order valence-electron chi connectivity index (χ3n) is 2.78. The van der Waals surface area contributed by atoms with Crippen LogP contribution in [0.5, 0.6) is 0 Å². The first-order valence-electron chi connectivity index (χ1n) is 6.64. The molecule has 1 rings (SSSR count). The number of unbranched alkanes of at least 4 members (excludes halogenated alkanes) is 1. The number of hydrogen-bond acceptors (Lipinski definition) is 4. The molecule has 21 heavy (non-hydrogen) atoms. The van der Waals surface area contributed by atoms with Gasteiger partial charge in [-0.3, -0.25) is 0 Å². The van der Waals surface area contributed by atoms with Crippen molar-refractivity contribution in [2.45, 2.75) is 24.7 Å². The number of aromatic carboxylic acids is 1. The van der Waals surface area contributed by atoms with E-state index in [2.05, 4.69) is 16.6 Å². The number of carboxylic acid groups (broad SMARTS) is 1. The molecule has 0 bridgehead atoms. The van der Waals surface area contributed by atoms with Gasteiger partial charge in [0.05, 0.1) is 11.3 Å². The van der Waals surface area contributed by atoms with Crippen molar-refractivity contribution in [2.75, 3.05) is 18.4 Å². The quantitative estimate of drug-likeness (QED) is 0.479. The molecule has 0 saturated heterocycles. The summed E-state index contributed by atoms with van der Waals surface area (Å²) < 4.78 is 26.8. The maximum absolute atomic E-state index is 12.2. The van der Waals surface area contributed by atoms with E-state index in [1.807, 2.05) is 6.92 Å². The lowest BCUT2D eigenvalue weighted by molar-refractivity contribution is 0.0696. The molecule has 0 aliphatic rings. The second-order valence-corrected chi connectivity index (χ2v) is 6.17. The number of benzene rings is 1. The van der Waals surface area contributed by atoms with Crippen LogP contribution >= 0.6 is 0 Å². The Morgan fingerprint density at radius 2 is 2.14 bits per heavy atom. The number of rotatable bonds is 9. The Hall–Kier alpha value is -1.86. The van der Waals surface area contributed by atoms with Gasteiger partial charge in [-0.25, -0.2) is 17.9 Å². The van der Waals surface area contributed by atoms with Gasteiger partial charge in [-0.1, -0.05) is 19.4 Å². The van der Waals surface area contributed by atoms with Gasteiger partial charge in [-0.2, -0.15) is 0 Å². The van der Waals surface area contributed by atoms with Crippen molar-refractivity contribution < 1.29 is 18.3 Å². The zero-order chi connectivity index (χ0) is 15.9. The van der Waals surface area contributed by atoms with Gasteiger partial charge in [0.25, 0.3) is 0 Å². The van der Waals surface area contributed by atoms with Gasteiger partial charge in [-0.15, -0.1) is 6.58 Å². The van der Waals surface area contributed by atoms with Crippen molar-refractivity contribution in [3.63, 3.8) is 0 Å². The van der Waals surface area contributed by atoms with Gasteiger partial charge in [0.15, 0.2) is 0 Å². The Balaban J connectivity index is 3.18. The number of nitrogens with one attached hydrogen (secondary N) is 2. The summed E-state index contributed by atoms with van der Waals surface area (Å²) in [4.78, 5) is 10.9. The van der Waals surface area contributed by atoms with Crippen molar-refractivity contribution in [1.82, 2.24) is 4.72 Å². The molecule has 6 nitrogen and oxygen atoms in total. The first kappa shape index (κ1) is 17.2. The SMILES string of the molecule is C=CCNS(=O)(=O)c1cc(C(=O)O)ccc1NCCCC. The fourth-order valence-corrected chi connectivity index (χ4v) is 2.87. The fourth-order valence-electron chi connectivity index (χ4n) is 1.67. The van der Waals surface area contributed by atoms with Crippen LogP contribution in [0.25, 0.3) is 0 Å². The van der Waals surface area contributed by atoms with Gasteiger partial charge in [0.2, 0.25) is 10.0 Å². The molecule has 0 aromatic heterocycles. The van der Waals surface area contributed by atoms with Crippen LogP contribution in [0.15, 0.2) is 35.7 Å². The van der Waals surface area contributed by atoms with Crippen LogP contribution in [-0.4, -0.2) is 32.6 Å². The predicted molar refractivity (Wildman–Crippen MR) is 82.2 cm³/mol. The zero-order valence-electron chi connectivity index (χ0n) is 11.9. The minimum Gasteiger partial charge on any atom is -0.478 e. The van der Waals surface area contributed by atoms with Gasteiger partial charge < -0.3 is 10.4 Å². The summed E-state index contributed by atoms with van der Waals surface area (Å²) in [6.07, 6.45) is 3.28. The highest BCUT2D eigenvalue weighted by atomic mass is 32.2. The summed E-state index contributed by atoms with van der Waals surface area (Å²) in [5.74, 6) is -1.17. The molecule has 0 aliphatic heterocycles.